The lowest BCUT2D eigenvalue weighted by Gasteiger charge is -2.26. The number of aromatic carboxylic acids is 1. The maximum Gasteiger partial charge on any atom is 0.337 e. The highest BCUT2D eigenvalue weighted by Gasteiger charge is 2.29. The number of hydrogen-bond acceptors (Lipinski definition) is 3. The van der Waals surface area contributed by atoms with Gasteiger partial charge in [0.1, 0.15) is 5.82 Å². The minimum Gasteiger partial charge on any atom is -0.478 e. The molecule has 3 aromatic carbocycles. The van der Waals surface area contributed by atoms with Crippen molar-refractivity contribution in [3.8, 4) is 0 Å². The standard InChI is InChI=1S/C20H16FNO4S/c21-18-12-6-4-8-15(18)14-22(19-13-7-5-11-17(19)20(23)24)27(25,26)16-9-2-1-3-10-16/h1-13H,14H2,(H,23,24). The fourth-order valence-corrected chi connectivity index (χ4v) is 4.16. The number of anilines is 1. The van der Waals surface area contributed by atoms with Crippen LogP contribution in [0.5, 0.6) is 0 Å². The van der Waals surface area contributed by atoms with Crippen molar-refractivity contribution < 1.29 is 22.7 Å². The van der Waals surface area contributed by atoms with Gasteiger partial charge in [-0.25, -0.2) is 17.6 Å². The van der Waals surface area contributed by atoms with E-state index in [1.807, 2.05) is 0 Å². The Morgan fingerprint density at radius 3 is 2.15 bits per heavy atom. The van der Waals surface area contributed by atoms with Crippen LogP contribution in [0.4, 0.5) is 10.1 Å². The van der Waals surface area contributed by atoms with E-state index in [1.54, 1.807) is 24.3 Å². The minimum atomic E-state index is -4.12. The van der Waals surface area contributed by atoms with Crippen molar-refractivity contribution in [2.75, 3.05) is 4.31 Å². The molecule has 0 aliphatic rings. The average molecular weight is 385 g/mol. The van der Waals surface area contributed by atoms with Gasteiger partial charge in [0.15, 0.2) is 0 Å². The van der Waals surface area contributed by atoms with Gasteiger partial charge in [-0.1, -0.05) is 48.5 Å². The second-order valence-corrected chi connectivity index (χ2v) is 7.60. The Balaban J connectivity index is 2.19. The predicted octanol–water partition coefficient (Wildman–Crippen LogP) is 3.92. The summed E-state index contributed by atoms with van der Waals surface area (Å²) in [4.78, 5) is 11.6. The first kappa shape index (κ1) is 18.6. The zero-order valence-corrected chi connectivity index (χ0v) is 14.9. The molecule has 0 aromatic heterocycles. The van der Waals surface area contributed by atoms with Crippen LogP contribution in [0.15, 0.2) is 83.8 Å². The van der Waals surface area contributed by atoms with Gasteiger partial charge < -0.3 is 5.11 Å². The number of carbonyl (C=O) groups is 1. The van der Waals surface area contributed by atoms with Crippen molar-refractivity contribution in [3.63, 3.8) is 0 Å². The maximum absolute atomic E-state index is 14.2. The Bertz CT molecular complexity index is 1070. The number of hydrogen-bond donors (Lipinski definition) is 1. The first-order valence-corrected chi connectivity index (χ1v) is 9.49. The maximum atomic E-state index is 14.2. The number of carboxylic acid groups (broad SMARTS) is 1. The normalized spacial score (nSPS) is 11.1. The van der Waals surface area contributed by atoms with Gasteiger partial charge in [0.2, 0.25) is 0 Å². The summed E-state index contributed by atoms with van der Waals surface area (Å²) in [6.07, 6.45) is 0. The van der Waals surface area contributed by atoms with E-state index in [1.165, 1.54) is 54.6 Å². The molecule has 7 heteroatoms. The summed E-state index contributed by atoms with van der Waals surface area (Å²) in [5, 5.41) is 9.48. The number of para-hydroxylation sites is 1. The first-order chi connectivity index (χ1) is 12.9. The molecule has 0 bridgehead atoms. The van der Waals surface area contributed by atoms with Crippen LogP contribution < -0.4 is 4.31 Å². The van der Waals surface area contributed by atoms with Gasteiger partial charge >= 0.3 is 5.97 Å². The third kappa shape index (κ3) is 3.83. The Kier molecular flexibility index (Phi) is 5.23. The van der Waals surface area contributed by atoms with Gasteiger partial charge in [0.05, 0.1) is 22.7 Å². The molecule has 0 spiro atoms. The molecule has 0 unspecified atom stereocenters. The van der Waals surface area contributed by atoms with E-state index in [9.17, 15) is 22.7 Å². The molecule has 0 saturated heterocycles. The first-order valence-electron chi connectivity index (χ1n) is 8.05. The van der Waals surface area contributed by atoms with Crippen molar-refractivity contribution in [2.24, 2.45) is 0 Å². The van der Waals surface area contributed by atoms with Crippen LogP contribution in [0.1, 0.15) is 15.9 Å². The highest BCUT2D eigenvalue weighted by atomic mass is 32.2. The molecule has 0 fully saturated rings. The van der Waals surface area contributed by atoms with E-state index in [-0.39, 0.29) is 28.3 Å². The Morgan fingerprint density at radius 2 is 1.48 bits per heavy atom. The van der Waals surface area contributed by atoms with E-state index in [0.717, 1.165) is 4.31 Å². The van der Waals surface area contributed by atoms with Crippen LogP contribution in [-0.2, 0) is 16.6 Å². The van der Waals surface area contributed by atoms with Crippen LogP contribution in [0.25, 0.3) is 0 Å². The predicted molar refractivity (Wildman–Crippen MR) is 99.6 cm³/mol. The lowest BCUT2D eigenvalue weighted by molar-refractivity contribution is 0.0697. The molecule has 1 N–H and O–H groups in total. The fraction of sp³-hybridized carbons (Fsp3) is 0.0500. The number of carboxylic acids is 1. The van der Waals surface area contributed by atoms with Crippen molar-refractivity contribution in [1.82, 2.24) is 0 Å². The summed E-state index contributed by atoms with van der Waals surface area (Å²) in [7, 11) is -4.12. The molecule has 0 radical (unpaired) electrons. The second-order valence-electron chi connectivity index (χ2n) is 5.74. The average Bonchev–Trinajstić information content (AvgIpc) is 2.68. The van der Waals surface area contributed by atoms with Crippen LogP contribution in [0.3, 0.4) is 0 Å². The highest BCUT2D eigenvalue weighted by molar-refractivity contribution is 7.92. The largest absolute Gasteiger partial charge is 0.478 e. The van der Waals surface area contributed by atoms with E-state index in [2.05, 4.69) is 0 Å². The third-order valence-electron chi connectivity index (χ3n) is 4.01. The summed E-state index contributed by atoms with van der Waals surface area (Å²) in [5.74, 6) is -1.84. The Labute approximate surface area is 156 Å². The van der Waals surface area contributed by atoms with Gasteiger partial charge in [-0.15, -0.1) is 0 Å². The summed E-state index contributed by atoms with van der Waals surface area (Å²) >= 11 is 0. The third-order valence-corrected chi connectivity index (χ3v) is 5.78. The molecule has 0 aliphatic heterocycles. The van der Waals surface area contributed by atoms with Crippen molar-refractivity contribution in [3.05, 3.63) is 95.8 Å². The molecule has 27 heavy (non-hydrogen) atoms. The lowest BCUT2D eigenvalue weighted by atomic mass is 10.1. The lowest BCUT2D eigenvalue weighted by Crippen LogP contribution is -2.32. The van der Waals surface area contributed by atoms with E-state index >= 15 is 0 Å². The Hall–Kier alpha value is -3.19. The topological polar surface area (TPSA) is 74.7 Å². The molecule has 0 heterocycles. The summed E-state index contributed by atoms with van der Waals surface area (Å²) in [6.45, 7) is -0.339. The van der Waals surface area contributed by atoms with E-state index < -0.39 is 21.8 Å². The van der Waals surface area contributed by atoms with Gasteiger partial charge in [-0.05, 0) is 30.3 Å². The molecule has 3 aromatic rings. The zero-order chi connectivity index (χ0) is 19.4. The van der Waals surface area contributed by atoms with E-state index in [4.69, 9.17) is 0 Å². The van der Waals surface area contributed by atoms with Gasteiger partial charge in [-0.3, -0.25) is 4.31 Å². The number of sulfonamides is 1. The van der Waals surface area contributed by atoms with Crippen LogP contribution >= 0.6 is 0 Å². The summed E-state index contributed by atoms with van der Waals surface area (Å²) < 4.78 is 41.6. The number of rotatable bonds is 6. The number of halogens is 1. The number of nitrogens with zero attached hydrogens (tertiary/aromatic N) is 1. The molecule has 0 amide bonds. The fourth-order valence-electron chi connectivity index (χ4n) is 2.67. The zero-order valence-electron chi connectivity index (χ0n) is 14.1. The molecular formula is C20H16FNO4S. The van der Waals surface area contributed by atoms with Crippen LogP contribution in [-0.4, -0.2) is 19.5 Å². The molecular weight excluding hydrogens is 369 g/mol. The smallest absolute Gasteiger partial charge is 0.337 e. The minimum absolute atomic E-state index is 0.0125. The van der Waals surface area contributed by atoms with E-state index in [0.29, 0.717) is 0 Å². The van der Waals surface area contributed by atoms with Crippen LogP contribution in [0.2, 0.25) is 0 Å². The quantitative estimate of drug-likeness (QED) is 0.698. The molecule has 0 saturated carbocycles. The van der Waals surface area contributed by atoms with Crippen LogP contribution in [0, 0.1) is 5.82 Å². The molecule has 138 valence electrons. The number of benzene rings is 3. The molecule has 5 nitrogen and oxygen atoms in total. The van der Waals surface area contributed by atoms with Crippen molar-refractivity contribution in [2.45, 2.75) is 11.4 Å². The summed E-state index contributed by atoms with van der Waals surface area (Å²) in [5.41, 5.74) is -0.0809. The molecule has 0 aliphatic carbocycles. The van der Waals surface area contributed by atoms with Crippen molar-refractivity contribution in [1.29, 1.82) is 0 Å². The highest BCUT2D eigenvalue weighted by Crippen LogP contribution is 2.29. The second kappa shape index (κ2) is 7.59. The van der Waals surface area contributed by atoms with Gasteiger partial charge in [-0.2, -0.15) is 0 Å². The molecule has 3 rings (SSSR count). The monoisotopic (exact) mass is 385 g/mol. The SMILES string of the molecule is O=C(O)c1ccccc1N(Cc1ccccc1F)S(=O)(=O)c1ccccc1. The van der Waals surface area contributed by atoms with Gasteiger partial charge in [0, 0.05) is 5.56 Å². The Morgan fingerprint density at radius 1 is 0.889 bits per heavy atom. The van der Waals surface area contributed by atoms with Crippen molar-refractivity contribution >= 4 is 21.7 Å². The van der Waals surface area contributed by atoms with Gasteiger partial charge in [0.25, 0.3) is 10.0 Å². The summed E-state index contributed by atoms with van der Waals surface area (Å²) in [6, 6.07) is 19.2. The molecule has 0 atom stereocenters.